The SMILES string of the molecule is CCCN(CC1CCNCC1)C(=O)Cc1ccccc1C. The van der Waals surface area contributed by atoms with E-state index in [0.29, 0.717) is 12.3 Å². The number of amides is 1. The van der Waals surface area contributed by atoms with Crippen LogP contribution in [0.25, 0.3) is 0 Å². The van der Waals surface area contributed by atoms with Gasteiger partial charge in [-0.25, -0.2) is 0 Å². The molecule has 1 amide bonds. The maximum Gasteiger partial charge on any atom is 0.227 e. The van der Waals surface area contributed by atoms with Gasteiger partial charge in [-0.2, -0.15) is 0 Å². The Bertz CT molecular complexity index is 452. The summed E-state index contributed by atoms with van der Waals surface area (Å²) in [6.07, 6.45) is 3.96. The topological polar surface area (TPSA) is 32.3 Å². The normalized spacial score (nSPS) is 15.9. The van der Waals surface area contributed by atoms with E-state index in [4.69, 9.17) is 0 Å². The van der Waals surface area contributed by atoms with Crippen LogP contribution in [0.4, 0.5) is 0 Å². The van der Waals surface area contributed by atoms with Gasteiger partial charge in [-0.05, 0) is 56.3 Å². The summed E-state index contributed by atoms with van der Waals surface area (Å²) < 4.78 is 0. The van der Waals surface area contributed by atoms with Gasteiger partial charge in [0.15, 0.2) is 0 Å². The fourth-order valence-electron chi connectivity index (χ4n) is 3.05. The zero-order valence-electron chi connectivity index (χ0n) is 13.4. The third-order valence-corrected chi connectivity index (χ3v) is 4.39. The fourth-order valence-corrected chi connectivity index (χ4v) is 3.05. The Balaban J connectivity index is 1.96. The number of hydrogen-bond acceptors (Lipinski definition) is 2. The molecule has 0 radical (unpaired) electrons. The molecular formula is C18H28N2O. The van der Waals surface area contributed by atoms with Crippen LogP contribution in [0.1, 0.15) is 37.3 Å². The van der Waals surface area contributed by atoms with E-state index in [0.717, 1.165) is 38.2 Å². The van der Waals surface area contributed by atoms with E-state index in [2.05, 4.69) is 36.2 Å². The van der Waals surface area contributed by atoms with Crippen LogP contribution in [0.5, 0.6) is 0 Å². The van der Waals surface area contributed by atoms with E-state index in [1.165, 1.54) is 18.4 Å². The van der Waals surface area contributed by atoms with Gasteiger partial charge in [0.1, 0.15) is 0 Å². The molecule has 1 heterocycles. The minimum atomic E-state index is 0.282. The predicted molar refractivity (Wildman–Crippen MR) is 87.3 cm³/mol. The van der Waals surface area contributed by atoms with Crippen molar-refractivity contribution in [1.29, 1.82) is 0 Å². The molecule has 3 heteroatoms. The highest BCUT2D eigenvalue weighted by Crippen LogP contribution is 2.16. The van der Waals surface area contributed by atoms with Crippen LogP contribution < -0.4 is 5.32 Å². The second kappa shape index (κ2) is 8.18. The molecule has 0 unspecified atom stereocenters. The highest BCUT2D eigenvalue weighted by Gasteiger charge is 2.20. The molecule has 0 aliphatic carbocycles. The van der Waals surface area contributed by atoms with Crippen molar-refractivity contribution in [2.45, 2.75) is 39.5 Å². The van der Waals surface area contributed by atoms with Crippen LogP contribution in [0.2, 0.25) is 0 Å². The van der Waals surface area contributed by atoms with Gasteiger partial charge in [-0.3, -0.25) is 4.79 Å². The molecule has 1 N–H and O–H groups in total. The van der Waals surface area contributed by atoms with Crippen LogP contribution in [0, 0.1) is 12.8 Å². The molecule has 0 spiro atoms. The van der Waals surface area contributed by atoms with Gasteiger partial charge in [0, 0.05) is 13.1 Å². The molecule has 1 aliphatic heterocycles. The number of benzene rings is 1. The van der Waals surface area contributed by atoms with Gasteiger partial charge in [0.25, 0.3) is 0 Å². The number of aryl methyl sites for hydroxylation is 1. The maximum atomic E-state index is 12.6. The standard InChI is InChI=1S/C18H28N2O/c1-3-12-20(14-16-8-10-19-11-9-16)18(21)13-17-7-5-4-6-15(17)2/h4-7,16,19H,3,8-14H2,1-2H3. The molecule has 0 atom stereocenters. The molecule has 21 heavy (non-hydrogen) atoms. The van der Waals surface area contributed by atoms with Crippen LogP contribution >= 0.6 is 0 Å². The molecule has 3 nitrogen and oxygen atoms in total. The van der Waals surface area contributed by atoms with Crippen molar-refractivity contribution < 1.29 is 4.79 Å². The van der Waals surface area contributed by atoms with Crippen molar-refractivity contribution in [3.63, 3.8) is 0 Å². The molecule has 116 valence electrons. The third kappa shape index (κ3) is 4.85. The lowest BCUT2D eigenvalue weighted by Crippen LogP contribution is -2.40. The van der Waals surface area contributed by atoms with Crippen LogP contribution in [-0.4, -0.2) is 37.0 Å². The highest BCUT2D eigenvalue weighted by molar-refractivity contribution is 5.79. The summed E-state index contributed by atoms with van der Waals surface area (Å²) in [7, 11) is 0. The van der Waals surface area contributed by atoms with E-state index >= 15 is 0 Å². The number of rotatable bonds is 6. The molecule has 0 aromatic heterocycles. The molecule has 0 bridgehead atoms. The number of carbonyl (C=O) groups is 1. The van der Waals surface area contributed by atoms with Crippen molar-refractivity contribution in [1.82, 2.24) is 10.2 Å². The quantitative estimate of drug-likeness (QED) is 0.873. The Morgan fingerprint density at radius 2 is 2.00 bits per heavy atom. The second-order valence-electron chi connectivity index (χ2n) is 6.14. The lowest BCUT2D eigenvalue weighted by molar-refractivity contribution is -0.131. The monoisotopic (exact) mass is 288 g/mol. The van der Waals surface area contributed by atoms with Crippen LogP contribution in [-0.2, 0) is 11.2 Å². The highest BCUT2D eigenvalue weighted by atomic mass is 16.2. The number of piperidine rings is 1. The first kappa shape index (κ1) is 16.0. The van der Waals surface area contributed by atoms with E-state index < -0.39 is 0 Å². The summed E-state index contributed by atoms with van der Waals surface area (Å²) in [4.78, 5) is 14.7. The molecule has 1 aromatic rings. The first-order valence-electron chi connectivity index (χ1n) is 8.23. The zero-order valence-corrected chi connectivity index (χ0v) is 13.4. The average Bonchev–Trinajstić information content (AvgIpc) is 2.50. The molecule has 1 aliphatic rings. The number of nitrogens with one attached hydrogen (secondary N) is 1. The van der Waals surface area contributed by atoms with Gasteiger partial charge in [0.2, 0.25) is 5.91 Å². The molecule has 2 rings (SSSR count). The lowest BCUT2D eigenvalue weighted by Gasteiger charge is -2.30. The number of hydrogen-bond donors (Lipinski definition) is 1. The summed E-state index contributed by atoms with van der Waals surface area (Å²) in [6, 6.07) is 8.20. The van der Waals surface area contributed by atoms with Gasteiger partial charge in [0.05, 0.1) is 6.42 Å². The van der Waals surface area contributed by atoms with E-state index in [-0.39, 0.29) is 5.91 Å². The largest absolute Gasteiger partial charge is 0.342 e. The van der Waals surface area contributed by atoms with E-state index in [1.54, 1.807) is 0 Å². The Morgan fingerprint density at radius 3 is 2.67 bits per heavy atom. The predicted octanol–water partition coefficient (Wildman–Crippen LogP) is 2.78. The number of nitrogens with zero attached hydrogens (tertiary/aromatic N) is 1. The molecule has 1 saturated heterocycles. The summed E-state index contributed by atoms with van der Waals surface area (Å²) in [5, 5.41) is 3.39. The Kier molecular flexibility index (Phi) is 6.24. The number of carbonyl (C=O) groups excluding carboxylic acids is 1. The summed E-state index contributed by atoms with van der Waals surface area (Å²) >= 11 is 0. The van der Waals surface area contributed by atoms with Gasteiger partial charge in [-0.15, -0.1) is 0 Å². The fraction of sp³-hybridized carbons (Fsp3) is 0.611. The smallest absolute Gasteiger partial charge is 0.227 e. The maximum absolute atomic E-state index is 12.6. The van der Waals surface area contributed by atoms with Crippen molar-refractivity contribution in [3.8, 4) is 0 Å². The Hall–Kier alpha value is -1.35. The van der Waals surface area contributed by atoms with Gasteiger partial charge < -0.3 is 10.2 Å². The van der Waals surface area contributed by atoms with Crippen molar-refractivity contribution in [3.05, 3.63) is 35.4 Å². The van der Waals surface area contributed by atoms with E-state index in [9.17, 15) is 4.79 Å². The zero-order chi connectivity index (χ0) is 15.1. The van der Waals surface area contributed by atoms with Crippen LogP contribution in [0.3, 0.4) is 0 Å². The third-order valence-electron chi connectivity index (χ3n) is 4.39. The van der Waals surface area contributed by atoms with Gasteiger partial charge in [-0.1, -0.05) is 31.2 Å². The Labute approximate surface area is 128 Å². The molecular weight excluding hydrogens is 260 g/mol. The summed E-state index contributed by atoms with van der Waals surface area (Å²) in [5.41, 5.74) is 2.37. The first-order chi connectivity index (χ1) is 10.2. The first-order valence-corrected chi connectivity index (χ1v) is 8.23. The minimum absolute atomic E-state index is 0.282. The van der Waals surface area contributed by atoms with Crippen molar-refractivity contribution in [2.75, 3.05) is 26.2 Å². The summed E-state index contributed by atoms with van der Waals surface area (Å²) in [5.74, 6) is 0.948. The minimum Gasteiger partial charge on any atom is -0.342 e. The molecule has 1 fully saturated rings. The van der Waals surface area contributed by atoms with Crippen molar-refractivity contribution in [2.24, 2.45) is 5.92 Å². The van der Waals surface area contributed by atoms with Crippen molar-refractivity contribution >= 4 is 5.91 Å². The van der Waals surface area contributed by atoms with Crippen LogP contribution in [0.15, 0.2) is 24.3 Å². The lowest BCUT2D eigenvalue weighted by atomic mass is 9.97. The van der Waals surface area contributed by atoms with Gasteiger partial charge >= 0.3 is 0 Å². The summed E-state index contributed by atoms with van der Waals surface area (Å²) in [6.45, 7) is 8.23. The Morgan fingerprint density at radius 1 is 1.29 bits per heavy atom. The van der Waals surface area contributed by atoms with E-state index in [1.807, 2.05) is 12.1 Å². The average molecular weight is 288 g/mol. The molecule has 1 aromatic carbocycles. The molecule has 0 saturated carbocycles. The second-order valence-corrected chi connectivity index (χ2v) is 6.14.